The summed E-state index contributed by atoms with van der Waals surface area (Å²) < 4.78 is 5.56. The summed E-state index contributed by atoms with van der Waals surface area (Å²) in [5, 5.41) is 18.2. The minimum Gasteiger partial charge on any atom is -0.481 e. The van der Waals surface area contributed by atoms with Gasteiger partial charge in [0.05, 0.1) is 12.0 Å². The van der Waals surface area contributed by atoms with E-state index in [1.165, 1.54) is 11.1 Å². The molecule has 0 amide bonds. The smallest absolute Gasteiger partial charge is 0.309 e. The largest absolute Gasteiger partial charge is 0.481 e. The van der Waals surface area contributed by atoms with Crippen molar-refractivity contribution < 1.29 is 14.6 Å². The number of hydrogen-bond donors (Lipinski definition) is 1. The fourth-order valence-corrected chi connectivity index (χ4v) is 3.24. The Kier molecular flexibility index (Phi) is 6.27. The minimum absolute atomic E-state index is 0.0183. The summed E-state index contributed by atoms with van der Waals surface area (Å²) in [5.41, 5.74) is 3.89. The summed E-state index contributed by atoms with van der Waals surface area (Å²) in [6, 6.07) is 12.4. The maximum atomic E-state index is 10.9. The van der Waals surface area contributed by atoms with E-state index in [0.717, 1.165) is 24.9 Å². The molecule has 0 spiro atoms. The van der Waals surface area contributed by atoms with E-state index in [2.05, 4.69) is 40.2 Å². The van der Waals surface area contributed by atoms with Gasteiger partial charge in [-0.15, -0.1) is 0 Å². The fourth-order valence-electron chi connectivity index (χ4n) is 3.24. The fraction of sp³-hybridized carbons (Fsp3) is 0.409. The molecule has 1 N–H and O–H groups in total. The molecular formula is C22H25N3O3. The Bertz CT molecular complexity index is 866. The second-order valence-corrected chi connectivity index (χ2v) is 7.52. The molecule has 0 unspecified atom stereocenters. The maximum absolute atomic E-state index is 10.9. The van der Waals surface area contributed by atoms with Gasteiger partial charge in [-0.2, -0.15) is 5.26 Å². The molecule has 1 fully saturated rings. The predicted octanol–water partition coefficient (Wildman–Crippen LogP) is 3.04. The molecule has 146 valence electrons. The van der Waals surface area contributed by atoms with Gasteiger partial charge in [0.25, 0.3) is 0 Å². The number of nitriles is 1. The third kappa shape index (κ3) is 5.08. The molecule has 2 heterocycles. The Hall–Kier alpha value is -2.91. The van der Waals surface area contributed by atoms with Crippen LogP contribution in [0.5, 0.6) is 5.88 Å². The van der Waals surface area contributed by atoms with Crippen molar-refractivity contribution in [3.05, 3.63) is 58.8 Å². The molecule has 28 heavy (non-hydrogen) atoms. The molecular weight excluding hydrogens is 354 g/mol. The van der Waals surface area contributed by atoms with Crippen LogP contribution in [0, 0.1) is 17.2 Å². The normalized spacial score (nSPS) is 14.5. The van der Waals surface area contributed by atoms with Crippen LogP contribution >= 0.6 is 0 Å². The van der Waals surface area contributed by atoms with E-state index in [0.29, 0.717) is 24.5 Å². The van der Waals surface area contributed by atoms with E-state index >= 15 is 0 Å². The Morgan fingerprint density at radius 3 is 2.50 bits per heavy atom. The first-order chi connectivity index (χ1) is 13.4. The van der Waals surface area contributed by atoms with Crippen LogP contribution in [-0.2, 0) is 24.2 Å². The highest BCUT2D eigenvalue weighted by atomic mass is 16.5. The maximum Gasteiger partial charge on any atom is 0.309 e. The number of carboxylic acids is 1. The molecule has 2 aromatic rings. The number of pyridine rings is 1. The van der Waals surface area contributed by atoms with Crippen LogP contribution in [0.15, 0.2) is 36.5 Å². The molecule has 0 atom stereocenters. The number of hydrogen-bond acceptors (Lipinski definition) is 5. The first-order valence-corrected chi connectivity index (χ1v) is 9.53. The van der Waals surface area contributed by atoms with Crippen LogP contribution in [0.25, 0.3) is 0 Å². The number of aryl methyl sites for hydroxylation is 2. The average molecular weight is 379 g/mol. The third-order valence-corrected chi connectivity index (χ3v) is 4.81. The lowest BCUT2D eigenvalue weighted by molar-refractivity contribution is -0.147. The van der Waals surface area contributed by atoms with Crippen molar-refractivity contribution in [1.29, 1.82) is 5.26 Å². The van der Waals surface area contributed by atoms with E-state index in [4.69, 9.17) is 9.84 Å². The van der Waals surface area contributed by atoms with Gasteiger partial charge >= 0.3 is 5.97 Å². The summed E-state index contributed by atoms with van der Waals surface area (Å²) in [5.74, 6) is -0.533. The Morgan fingerprint density at radius 1 is 1.25 bits per heavy atom. The van der Waals surface area contributed by atoms with Crippen molar-refractivity contribution >= 4 is 5.97 Å². The minimum atomic E-state index is -0.704. The molecule has 1 saturated heterocycles. The van der Waals surface area contributed by atoms with Crippen LogP contribution < -0.4 is 4.74 Å². The molecule has 0 saturated carbocycles. The number of carbonyl (C=O) groups is 1. The molecule has 6 heteroatoms. The Morgan fingerprint density at radius 2 is 1.89 bits per heavy atom. The monoisotopic (exact) mass is 379 g/mol. The second kappa shape index (κ2) is 8.85. The van der Waals surface area contributed by atoms with Gasteiger partial charge in [0, 0.05) is 25.8 Å². The van der Waals surface area contributed by atoms with E-state index in [1.54, 1.807) is 6.20 Å². The quantitative estimate of drug-likeness (QED) is 0.759. The van der Waals surface area contributed by atoms with Gasteiger partial charge in [-0.1, -0.05) is 24.3 Å². The summed E-state index contributed by atoms with van der Waals surface area (Å²) >= 11 is 0. The Balaban J connectivity index is 1.52. The molecule has 1 aliphatic rings. The van der Waals surface area contributed by atoms with Crippen molar-refractivity contribution in [2.45, 2.75) is 39.3 Å². The molecule has 0 aliphatic carbocycles. The highest BCUT2D eigenvalue weighted by Crippen LogP contribution is 2.20. The van der Waals surface area contributed by atoms with Crippen molar-refractivity contribution in [3.8, 4) is 11.9 Å². The third-order valence-electron chi connectivity index (χ3n) is 4.81. The van der Waals surface area contributed by atoms with Gasteiger partial charge in [0.15, 0.2) is 0 Å². The highest BCUT2D eigenvalue weighted by Gasteiger charge is 2.32. The number of rotatable bonds is 8. The zero-order valence-electron chi connectivity index (χ0n) is 16.3. The van der Waals surface area contributed by atoms with Crippen LogP contribution in [-0.4, -0.2) is 40.2 Å². The lowest BCUT2D eigenvalue weighted by atomic mass is 9.99. The lowest BCUT2D eigenvalue weighted by Gasteiger charge is -2.36. The second-order valence-electron chi connectivity index (χ2n) is 7.52. The Labute approximate surface area is 165 Å². The van der Waals surface area contributed by atoms with Crippen molar-refractivity contribution in [2.75, 3.05) is 13.1 Å². The molecule has 0 radical (unpaired) electrons. The van der Waals surface area contributed by atoms with Gasteiger partial charge in [-0.05, 0) is 49.4 Å². The summed E-state index contributed by atoms with van der Waals surface area (Å²) in [6.45, 7) is 5.86. The number of benzene rings is 1. The van der Waals surface area contributed by atoms with Crippen LogP contribution in [0.3, 0.4) is 0 Å². The summed E-state index contributed by atoms with van der Waals surface area (Å²) in [7, 11) is 0. The predicted molar refractivity (Wildman–Crippen MR) is 105 cm³/mol. The van der Waals surface area contributed by atoms with Crippen LogP contribution in [0.1, 0.15) is 36.1 Å². The topological polar surface area (TPSA) is 86.4 Å². The van der Waals surface area contributed by atoms with Gasteiger partial charge in [-0.25, -0.2) is 4.98 Å². The number of ether oxygens (including phenoxy) is 1. The van der Waals surface area contributed by atoms with Crippen molar-refractivity contribution in [1.82, 2.24) is 9.88 Å². The number of aliphatic carboxylic acids is 1. The molecule has 3 rings (SSSR count). The lowest BCUT2D eigenvalue weighted by Crippen LogP contribution is -2.49. The number of aromatic nitrogens is 1. The van der Waals surface area contributed by atoms with Gasteiger partial charge in [0.2, 0.25) is 5.88 Å². The first-order valence-electron chi connectivity index (χ1n) is 9.53. The molecule has 1 aromatic carbocycles. The molecule has 1 aromatic heterocycles. The van der Waals surface area contributed by atoms with E-state index < -0.39 is 5.97 Å². The summed E-state index contributed by atoms with van der Waals surface area (Å²) in [4.78, 5) is 17.3. The zero-order chi connectivity index (χ0) is 20.1. The zero-order valence-corrected chi connectivity index (χ0v) is 16.3. The van der Waals surface area contributed by atoms with E-state index in [9.17, 15) is 10.1 Å². The van der Waals surface area contributed by atoms with Gasteiger partial charge in [0.1, 0.15) is 11.6 Å². The summed E-state index contributed by atoms with van der Waals surface area (Å²) in [6.07, 6.45) is 3.42. The SMILES string of the molecule is CC(C)Oc1ncc(CCc2ccc(CN3CC(C(=O)O)C3)cc2)cc1C#N. The molecule has 1 aliphatic heterocycles. The van der Waals surface area contributed by atoms with Crippen molar-refractivity contribution in [2.24, 2.45) is 5.92 Å². The van der Waals surface area contributed by atoms with E-state index in [-0.39, 0.29) is 12.0 Å². The average Bonchev–Trinajstić information content (AvgIpc) is 2.63. The molecule has 6 nitrogen and oxygen atoms in total. The first kappa shape index (κ1) is 19.8. The highest BCUT2D eigenvalue weighted by molar-refractivity contribution is 5.71. The van der Waals surface area contributed by atoms with Gasteiger partial charge in [-0.3, -0.25) is 9.69 Å². The van der Waals surface area contributed by atoms with E-state index in [1.807, 2.05) is 19.9 Å². The number of likely N-dealkylation sites (tertiary alicyclic amines) is 1. The standard InChI is InChI=1S/C22H25N3O3/c1-15(2)28-21-19(10-23)9-18(11-24-21)8-5-16-3-6-17(7-4-16)12-25-13-20(14-25)22(26)27/h3-4,6-7,9,11,15,20H,5,8,12-14H2,1-2H3,(H,26,27). The van der Waals surface area contributed by atoms with Crippen LogP contribution in [0.2, 0.25) is 0 Å². The molecule has 0 bridgehead atoms. The number of nitrogens with zero attached hydrogens (tertiary/aromatic N) is 3. The van der Waals surface area contributed by atoms with Gasteiger partial charge < -0.3 is 9.84 Å². The van der Waals surface area contributed by atoms with Crippen molar-refractivity contribution in [3.63, 3.8) is 0 Å². The van der Waals surface area contributed by atoms with Crippen LogP contribution in [0.4, 0.5) is 0 Å². The number of carboxylic acid groups (broad SMARTS) is 1.